The van der Waals surface area contributed by atoms with Crippen LogP contribution in [0.5, 0.6) is 17.2 Å². The molecule has 0 aliphatic carbocycles. The lowest BCUT2D eigenvalue weighted by atomic mass is 9.98. The van der Waals surface area contributed by atoms with Crippen molar-refractivity contribution < 1.29 is 14.2 Å². The summed E-state index contributed by atoms with van der Waals surface area (Å²) in [5, 5.41) is 0. The average Bonchev–Trinajstić information content (AvgIpc) is 2.53. The minimum atomic E-state index is -0.276. The minimum Gasteiger partial charge on any atom is -0.497 e. The molecule has 1 heterocycles. The van der Waals surface area contributed by atoms with Crippen LogP contribution in [-0.2, 0) is 0 Å². The number of rotatable bonds is 3. The van der Waals surface area contributed by atoms with Crippen molar-refractivity contribution in [1.82, 2.24) is 0 Å². The first-order chi connectivity index (χ1) is 9.79. The topological polar surface area (TPSA) is 53.7 Å². The lowest BCUT2D eigenvalue weighted by Crippen LogP contribution is -2.20. The van der Waals surface area contributed by atoms with E-state index >= 15 is 0 Å². The molecule has 0 bridgehead atoms. The number of methoxy groups -OCH3 is 1. The van der Waals surface area contributed by atoms with E-state index in [1.54, 1.807) is 7.11 Å². The average molecular weight is 271 g/mol. The molecular formula is C16H17NO3. The maximum absolute atomic E-state index is 6.37. The molecular weight excluding hydrogens is 254 g/mol. The molecule has 4 nitrogen and oxygen atoms in total. The minimum absolute atomic E-state index is 0.276. The van der Waals surface area contributed by atoms with Crippen LogP contribution in [0.3, 0.4) is 0 Å². The highest BCUT2D eigenvalue weighted by Crippen LogP contribution is 2.38. The molecule has 20 heavy (non-hydrogen) atoms. The highest BCUT2D eigenvalue weighted by molar-refractivity contribution is 5.51. The number of hydrogen-bond donors (Lipinski definition) is 1. The van der Waals surface area contributed by atoms with Crippen molar-refractivity contribution in [2.45, 2.75) is 6.04 Å². The first-order valence-corrected chi connectivity index (χ1v) is 6.57. The van der Waals surface area contributed by atoms with Crippen LogP contribution in [0.1, 0.15) is 17.2 Å². The molecule has 0 radical (unpaired) electrons. The third-order valence-corrected chi connectivity index (χ3v) is 3.38. The quantitative estimate of drug-likeness (QED) is 0.932. The molecule has 0 spiro atoms. The van der Waals surface area contributed by atoms with Crippen LogP contribution in [-0.4, -0.2) is 20.3 Å². The Bertz CT molecular complexity index is 612. The summed E-state index contributed by atoms with van der Waals surface area (Å²) in [6.45, 7) is 1.12. The summed E-state index contributed by atoms with van der Waals surface area (Å²) in [6.07, 6.45) is 0. The number of fused-ring (bicyclic) bond motifs is 1. The Labute approximate surface area is 118 Å². The highest BCUT2D eigenvalue weighted by Gasteiger charge is 2.21. The van der Waals surface area contributed by atoms with E-state index in [9.17, 15) is 0 Å². The van der Waals surface area contributed by atoms with Gasteiger partial charge in [0.1, 0.15) is 19.0 Å². The second kappa shape index (κ2) is 5.43. The van der Waals surface area contributed by atoms with Gasteiger partial charge in [-0.15, -0.1) is 0 Å². The monoisotopic (exact) mass is 271 g/mol. The fourth-order valence-corrected chi connectivity index (χ4v) is 2.36. The molecule has 4 heteroatoms. The van der Waals surface area contributed by atoms with Gasteiger partial charge >= 0.3 is 0 Å². The van der Waals surface area contributed by atoms with Crippen molar-refractivity contribution >= 4 is 0 Å². The Morgan fingerprint density at radius 3 is 2.75 bits per heavy atom. The largest absolute Gasteiger partial charge is 0.497 e. The SMILES string of the molecule is COc1cccc(C(N)c2cccc3c2OCCO3)c1. The maximum Gasteiger partial charge on any atom is 0.166 e. The summed E-state index contributed by atoms with van der Waals surface area (Å²) >= 11 is 0. The van der Waals surface area contributed by atoms with Crippen molar-refractivity contribution in [2.75, 3.05) is 20.3 Å². The lowest BCUT2D eigenvalue weighted by molar-refractivity contribution is 0.169. The van der Waals surface area contributed by atoms with E-state index in [-0.39, 0.29) is 6.04 Å². The van der Waals surface area contributed by atoms with Crippen molar-refractivity contribution in [1.29, 1.82) is 0 Å². The van der Waals surface area contributed by atoms with Crippen LogP contribution in [0.25, 0.3) is 0 Å². The molecule has 0 fully saturated rings. The van der Waals surface area contributed by atoms with Crippen molar-refractivity contribution in [2.24, 2.45) is 5.73 Å². The van der Waals surface area contributed by atoms with Crippen LogP contribution in [0.2, 0.25) is 0 Å². The van der Waals surface area contributed by atoms with Gasteiger partial charge in [-0.2, -0.15) is 0 Å². The lowest BCUT2D eigenvalue weighted by Gasteiger charge is -2.23. The second-order valence-corrected chi connectivity index (χ2v) is 4.63. The van der Waals surface area contributed by atoms with E-state index < -0.39 is 0 Å². The molecule has 1 aliphatic rings. The zero-order chi connectivity index (χ0) is 13.9. The first-order valence-electron chi connectivity index (χ1n) is 6.57. The Balaban J connectivity index is 1.99. The molecule has 2 N–H and O–H groups in total. The van der Waals surface area contributed by atoms with Crippen LogP contribution >= 0.6 is 0 Å². The molecule has 104 valence electrons. The molecule has 1 aliphatic heterocycles. The van der Waals surface area contributed by atoms with Crippen LogP contribution in [0.4, 0.5) is 0 Å². The number of hydrogen-bond acceptors (Lipinski definition) is 4. The third kappa shape index (κ3) is 2.30. The van der Waals surface area contributed by atoms with E-state index in [2.05, 4.69) is 0 Å². The number of ether oxygens (including phenoxy) is 3. The van der Waals surface area contributed by atoms with Gasteiger partial charge in [-0.1, -0.05) is 24.3 Å². The van der Waals surface area contributed by atoms with Crippen molar-refractivity contribution in [3.63, 3.8) is 0 Å². The molecule has 1 unspecified atom stereocenters. The molecule has 2 aromatic carbocycles. The summed E-state index contributed by atoms with van der Waals surface area (Å²) < 4.78 is 16.5. The van der Waals surface area contributed by atoms with Gasteiger partial charge in [0.15, 0.2) is 11.5 Å². The van der Waals surface area contributed by atoms with Gasteiger partial charge in [-0.3, -0.25) is 0 Å². The standard InChI is InChI=1S/C16H17NO3/c1-18-12-5-2-4-11(10-12)15(17)13-6-3-7-14-16(13)20-9-8-19-14/h2-7,10,15H,8-9,17H2,1H3. The number of benzene rings is 2. The summed E-state index contributed by atoms with van der Waals surface area (Å²) in [4.78, 5) is 0. The Morgan fingerprint density at radius 1 is 1.10 bits per heavy atom. The molecule has 2 aromatic rings. The van der Waals surface area contributed by atoms with Crippen LogP contribution < -0.4 is 19.9 Å². The van der Waals surface area contributed by atoms with E-state index in [0.29, 0.717) is 13.2 Å². The Morgan fingerprint density at radius 2 is 1.90 bits per heavy atom. The molecule has 3 rings (SSSR count). The van der Waals surface area contributed by atoms with Gasteiger partial charge in [0.25, 0.3) is 0 Å². The smallest absolute Gasteiger partial charge is 0.166 e. The van der Waals surface area contributed by atoms with Crippen LogP contribution in [0.15, 0.2) is 42.5 Å². The summed E-state index contributed by atoms with van der Waals surface area (Å²) in [7, 11) is 1.64. The predicted molar refractivity (Wildman–Crippen MR) is 76.5 cm³/mol. The van der Waals surface area contributed by atoms with Gasteiger partial charge in [0.2, 0.25) is 0 Å². The van der Waals surface area contributed by atoms with Gasteiger partial charge in [0.05, 0.1) is 13.2 Å². The summed E-state index contributed by atoms with van der Waals surface area (Å²) in [6, 6.07) is 13.3. The van der Waals surface area contributed by atoms with E-state index in [4.69, 9.17) is 19.9 Å². The fraction of sp³-hybridized carbons (Fsp3) is 0.250. The zero-order valence-corrected chi connectivity index (χ0v) is 11.3. The van der Waals surface area contributed by atoms with Crippen LogP contribution in [0, 0.1) is 0 Å². The fourth-order valence-electron chi connectivity index (χ4n) is 2.36. The van der Waals surface area contributed by atoms with E-state index in [0.717, 1.165) is 28.4 Å². The maximum atomic E-state index is 6.37. The summed E-state index contributed by atoms with van der Waals surface area (Å²) in [5.74, 6) is 2.29. The zero-order valence-electron chi connectivity index (χ0n) is 11.3. The van der Waals surface area contributed by atoms with Gasteiger partial charge in [-0.25, -0.2) is 0 Å². The van der Waals surface area contributed by atoms with Crippen molar-refractivity contribution in [3.8, 4) is 17.2 Å². The van der Waals surface area contributed by atoms with E-state index in [1.165, 1.54) is 0 Å². The first kappa shape index (κ1) is 12.8. The normalized spacial score (nSPS) is 14.7. The van der Waals surface area contributed by atoms with Gasteiger partial charge in [0, 0.05) is 5.56 Å². The molecule has 0 saturated carbocycles. The third-order valence-electron chi connectivity index (χ3n) is 3.38. The van der Waals surface area contributed by atoms with Crippen molar-refractivity contribution in [3.05, 3.63) is 53.6 Å². The molecule has 1 atom stereocenters. The predicted octanol–water partition coefficient (Wildman–Crippen LogP) is 2.51. The van der Waals surface area contributed by atoms with Gasteiger partial charge in [-0.05, 0) is 23.8 Å². The number of nitrogens with two attached hydrogens (primary N) is 1. The van der Waals surface area contributed by atoms with Gasteiger partial charge < -0.3 is 19.9 Å². The second-order valence-electron chi connectivity index (χ2n) is 4.63. The molecule has 0 aromatic heterocycles. The molecule has 0 amide bonds. The highest BCUT2D eigenvalue weighted by atomic mass is 16.6. The number of para-hydroxylation sites is 1. The Hall–Kier alpha value is -2.20. The van der Waals surface area contributed by atoms with E-state index in [1.807, 2.05) is 42.5 Å². The Kier molecular flexibility index (Phi) is 3.48. The summed E-state index contributed by atoms with van der Waals surface area (Å²) in [5.41, 5.74) is 8.28. The molecule has 0 saturated heterocycles.